The van der Waals surface area contributed by atoms with Gasteiger partial charge < -0.3 is 0 Å². The maximum atomic E-state index is 5.61. The summed E-state index contributed by atoms with van der Waals surface area (Å²) in [6, 6.07) is 7.53. The van der Waals surface area contributed by atoms with Gasteiger partial charge in [-0.1, -0.05) is 24.3 Å². The fraction of sp³-hybridized carbons (Fsp3) is 0.125. The lowest BCUT2D eigenvalue weighted by Crippen LogP contribution is -1.81. The van der Waals surface area contributed by atoms with Crippen LogP contribution in [0.15, 0.2) is 24.3 Å². The Balaban J connectivity index is 2.96. The predicted octanol–water partition coefficient (Wildman–Crippen LogP) is 3.34. The molecule has 0 heterocycles. The molecular formula is C8H7Cl2. The Morgan fingerprint density at radius 3 is 2.40 bits per heavy atom. The predicted molar refractivity (Wildman–Crippen MR) is 45.3 cm³/mol. The Hall–Kier alpha value is -0.200. The Morgan fingerprint density at radius 2 is 2.00 bits per heavy atom. The van der Waals surface area contributed by atoms with Gasteiger partial charge in [-0.3, -0.25) is 0 Å². The van der Waals surface area contributed by atoms with E-state index in [-0.39, 0.29) is 0 Å². The van der Waals surface area contributed by atoms with Crippen LogP contribution in [0.2, 0.25) is 0 Å². The number of hydrogen-bond acceptors (Lipinski definition) is 0. The highest BCUT2D eigenvalue weighted by molar-refractivity contribution is 6.44. The van der Waals surface area contributed by atoms with Gasteiger partial charge in [0.2, 0.25) is 0 Å². The van der Waals surface area contributed by atoms with E-state index in [2.05, 4.69) is 6.92 Å². The highest BCUT2D eigenvalue weighted by Gasteiger charge is 2.00. The third kappa shape index (κ3) is 1.89. The summed E-state index contributed by atoms with van der Waals surface area (Å²) in [6.07, 6.45) is 0. The summed E-state index contributed by atoms with van der Waals surface area (Å²) in [7, 11) is 0. The third-order valence-corrected chi connectivity index (χ3v) is 1.71. The first kappa shape index (κ1) is 7.90. The van der Waals surface area contributed by atoms with Crippen molar-refractivity contribution in [3.63, 3.8) is 0 Å². The van der Waals surface area contributed by atoms with E-state index in [9.17, 15) is 0 Å². The zero-order chi connectivity index (χ0) is 7.56. The van der Waals surface area contributed by atoms with E-state index in [1.54, 1.807) is 0 Å². The standard InChI is InChI=1S/C8H7Cl2/c1-6-3-2-4-7(5-6)8(9)10/h2-5,8H,1H2. The van der Waals surface area contributed by atoms with Gasteiger partial charge in [0.05, 0.1) is 0 Å². The molecule has 0 amide bonds. The highest BCUT2D eigenvalue weighted by Crippen LogP contribution is 2.24. The Kier molecular flexibility index (Phi) is 2.58. The highest BCUT2D eigenvalue weighted by atomic mass is 35.5. The molecule has 0 N–H and O–H groups in total. The fourth-order valence-corrected chi connectivity index (χ4v) is 1.00. The molecule has 0 atom stereocenters. The van der Waals surface area contributed by atoms with Gasteiger partial charge in [0.1, 0.15) is 4.84 Å². The fourth-order valence-electron chi connectivity index (χ4n) is 0.729. The SMILES string of the molecule is [CH2]c1cccc(C(Cl)Cl)c1. The maximum absolute atomic E-state index is 5.61. The van der Waals surface area contributed by atoms with E-state index in [0.29, 0.717) is 0 Å². The van der Waals surface area contributed by atoms with Crippen molar-refractivity contribution < 1.29 is 0 Å². The van der Waals surface area contributed by atoms with Crippen LogP contribution in [0.4, 0.5) is 0 Å². The molecule has 10 heavy (non-hydrogen) atoms. The number of rotatable bonds is 1. The Bertz CT molecular complexity index is 218. The van der Waals surface area contributed by atoms with Gasteiger partial charge in [-0.15, -0.1) is 23.2 Å². The third-order valence-electron chi connectivity index (χ3n) is 1.20. The lowest BCUT2D eigenvalue weighted by Gasteiger charge is -2.00. The van der Waals surface area contributed by atoms with Crippen molar-refractivity contribution in [2.75, 3.05) is 0 Å². The number of halogens is 2. The minimum atomic E-state index is -0.443. The summed E-state index contributed by atoms with van der Waals surface area (Å²) in [5.74, 6) is 0. The molecule has 2 heteroatoms. The van der Waals surface area contributed by atoms with Crippen LogP contribution in [0, 0.1) is 6.92 Å². The van der Waals surface area contributed by atoms with Gasteiger partial charge >= 0.3 is 0 Å². The second-order valence-electron chi connectivity index (χ2n) is 2.05. The second-order valence-corrected chi connectivity index (χ2v) is 3.14. The van der Waals surface area contributed by atoms with Gasteiger partial charge in [0.25, 0.3) is 0 Å². The molecule has 0 saturated heterocycles. The van der Waals surface area contributed by atoms with Gasteiger partial charge in [-0.25, -0.2) is 0 Å². The molecule has 0 aliphatic heterocycles. The van der Waals surface area contributed by atoms with Crippen LogP contribution in [0.25, 0.3) is 0 Å². The van der Waals surface area contributed by atoms with Crippen LogP contribution < -0.4 is 0 Å². The van der Waals surface area contributed by atoms with Crippen LogP contribution in [0.1, 0.15) is 16.0 Å². The minimum Gasteiger partial charge on any atom is -0.100 e. The van der Waals surface area contributed by atoms with E-state index < -0.39 is 4.84 Å². The molecule has 0 aromatic heterocycles. The van der Waals surface area contributed by atoms with Crippen molar-refractivity contribution in [3.05, 3.63) is 42.3 Å². The minimum absolute atomic E-state index is 0.443. The van der Waals surface area contributed by atoms with Gasteiger partial charge in [-0.05, 0) is 18.1 Å². The normalized spacial score (nSPS) is 10.4. The summed E-state index contributed by atoms with van der Waals surface area (Å²) in [4.78, 5) is -0.443. The van der Waals surface area contributed by atoms with Crippen LogP contribution in [-0.2, 0) is 0 Å². The van der Waals surface area contributed by atoms with Gasteiger partial charge in [0.15, 0.2) is 0 Å². The maximum Gasteiger partial charge on any atom is 0.132 e. The Morgan fingerprint density at radius 1 is 1.30 bits per heavy atom. The summed E-state index contributed by atoms with van der Waals surface area (Å²) < 4.78 is 0. The van der Waals surface area contributed by atoms with Crippen LogP contribution in [0.3, 0.4) is 0 Å². The van der Waals surface area contributed by atoms with E-state index in [1.165, 1.54) is 0 Å². The quantitative estimate of drug-likeness (QED) is 0.572. The summed E-state index contributed by atoms with van der Waals surface area (Å²) >= 11 is 11.2. The van der Waals surface area contributed by atoms with Gasteiger partial charge in [0, 0.05) is 0 Å². The van der Waals surface area contributed by atoms with Crippen molar-refractivity contribution in [1.29, 1.82) is 0 Å². The molecule has 0 unspecified atom stereocenters. The van der Waals surface area contributed by atoms with Crippen molar-refractivity contribution in [2.24, 2.45) is 0 Å². The first-order valence-corrected chi connectivity index (χ1v) is 3.77. The first-order chi connectivity index (χ1) is 4.70. The largest absolute Gasteiger partial charge is 0.132 e. The topological polar surface area (TPSA) is 0 Å². The second kappa shape index (κ2) is 3.27. The summed E-state index contributed by atoms with van der Waals surface area (Å²) in [6.45, 7) is 3.75. The first-order valence-electron chi connectivity index (χ1n) is 2.90. The molecule has 0 nitrogen and oxygen atoms in total. The lowest BCUT2D eigenvalue weighted by molar-refractivity contribution is 1.34. The summed E-state index contributed by atoms with van der Waals surface area (Å²) in [5, 5.41) is 0. The van der Waals surface area contributed by atoms with Crippen LogP contribution in [0.5, 0.6) is 0 Å². The molecular weight excluding hydrogens is 167 g/mol. The zero-order valence-corrected chi connectivity index (χ0v) is 6.86. The molecule has 0 aliphatic carbocycles. The molecule has 0 fully saturated rings. The molecule has 53 valence electrons. The lowest BCUT2D eigenvalue weighted by atomic mass is 10.2. The van der Waals surface area contributed by atoms with Crippen molar-refractivity contribution >= 4 is 23.2 Å². The average Bonchev–Trinajstić information content (AvgIpc) is 1.88. The molecule has 1 aromatic carbocycles. The van der Waals surface area contributed by atoms with Crippen LogP contribution in [-0.4, -0.2) is 0 Å². The molecule has 1 radical (unpaired) electrons. The zero-order valence-electron chi connectivity index (χ0n) is 5.35. The van der Waals surface area contributed by atoms with E-state index in [1.807, 2.05) is 24.3 Å². The molecule has 0 aliphatic rings. The number of hydrogen-bond donors (Lipinski definition) is 0. The molecule has 0 saturated carbocycles. The molecule has 0 bridgehead atoms. The number of alkyl halides is 2. The van der Waals surface area contributed by atoms with E-state index in [0.717, 1.165) is 11.1 Å². The average molecular weight is 174 g/mol. The van der Waals surface area contributed by atoms with Crippen molar-refractivity contribution in [3.8, 4) is 0 Å². The van der Waals surface area contributed by atoms with Crippen molar-refractivity contribution in [2.45, 2.75) is 4.84 Å². The Labute approximate surface area is 70.8 Å². The summed E-state index contributed by atoms with van der Waals surface area (Å²) in [5.41, 5.74) is 1.83. The smallest absolute Gasteiger partial charge is 0.100 e. The van der Waals surface area contributed by atoms with E-state index >= 15 is 0 Å². The van der Waals surface area contributed by atoms with E-state index in [4.69, 9.17) is 23.2 Å². The van der Waals surface area contributed by atoms with Crippen molar-refractivity contribution in [1.82, 2.24) is 0 Å². The molecule has 1 rings (SSSR count). The number of benzene rings is 1. The molecule has 0 spiro atoms. The van der Waals surface area contributed by atoms with Crippen LogP contribution >= 0.6 is 23.2 Å². The monoisotopic (exact) mass is 173 g/mol. The molecule has 1 aromatic rings. The van der Waals surface area contributed by atoms with Gasteiger partial charge in [-0.2, -0.15) is 0 Å².